The number of para-hydroxylation sites is 2. The number of aromatic hydroxyl groups is 1. The van der Waals surface area contributed by atoms with Crippen LogP contribution in [-0.2, 0) is 0 Å². The molecule has 1 N–H and O–H groups in total. The van der Waals surface area contributed by atoms with E-state index in [2.05, 4.69) is 17.5 Å². The zero-order valence-corrected chi connectivity index (χ0v) is 14.2. The number of rotatable bonds is 2. The summed E-state index contributed by atoms with van der Waals surface area (Å²) in [7, 11) is 0. The molecule has 4 nitrogen and oxygen atoms in total. The molecule has 5 rings (SSSR count). The van der Waals surface area contributed by atoms with E-state index in [-0.39, 0.29) is 11.8 Å². The van der Waals surface area contributed by atoms with Crippen LogP contribution in [0.4, 0.5) is 0 Å². The van der Waals surface area contributed by atoms with Gasteiger partial charge in [0, 0.05) is 12.0 Å². The number of phenols is 1. The average molecular weight is 348 g/mol. The number of nitrogens with zero attached hydrogens (tertiary/aromatic N) is 2. The van der Waals surface area contributed by atoms with Crippen molar-refractivity contribution in [2.45, 2.75) is 18.7 Å². The summed E-state index contributed by atoms with van der Waals surface area (Å²) in [6.07, 6.45) is 0.406. The second-order valence-electron chi connectivity index (χ2n) is 6.19. The highest BCUT2D eigenvalue weighted by atomic mass is 32.1. The van der Waals surface area contributed by atoms with Gasteiger partial charge in [-0.3, -0.25) is 0 Å². The predicted octanol–water partition coefficient (Wildman–Crippen LogP) is 4.70. The molecule has 2 atom stereocenters. The van der Waals surface area contributed by atoms with Gasteiger partial charge in [-0.2, -0.15) is 5.10 Å². The first-order valence-electron chi connectivity index (χ1n) is 8.24. The van der Waals surface area contributed by atoms with Crippen molar-refractivity contribution in [3.8, 4) is 11.5 Å². The Morgan fingerprint density at radius 2 is 1.80 bits per heavy atom. The summed E-state index contributed by atoms with van der Waals surface area (Å²) in [6.45, 7) is 0. The van der Waals surface area contributed by atoms with Crippen molar-refractivity contribution in [2.75, 3.05) is 0 Å². The Morgan fingerprint density at radius 1 is 1.00 bits per heavy atom. The minimum Gasteiger partial charge on any atom is -0.507 e. The van der Waals surface area contributed by atoms with E-state index < -0.39 is 6.23 Å². The number of thiophene rings is 1. The number of ether oxygens (including phenoxy) is 1. The molecule has 3 heterocycles. The number of hydrazone groups is 1. The van der Waals surface area contributed by atoms with Gasteiger partial charge in [-0.25, -0.2) is 5.01 Å². The zero-order valence-electron chi connectivity index (χ0n) is 13.4. The molecule has 0 aliphatic carbocycles. The number of hydrogen-bond donors (Lipinski definition) is 1. The molecule has 5 heteroatoms. The molecule has 25 heavy (non-hydrogen) atoms. The van der Waals surface area contributed by atoms with E-state index in [1.165, 1.54) is 4.88 Å². The van der Waals surface area contributed by atoms with E-state index in [1.54, 1.807) is 17.4 Å². The monoisotopic (exact) mass is 348 g/mol. The molecule has 0 spiro atoms. The largest absolute Gasteiger partial charge is 0.507 e. The summed E-state index contributed by atoms with van der Waals surface area (Å²) in [5, 5.41) is 19.3. The van der Waals surface area contributed by atoms with Crippen molar-refractivity contribution in [1.29, 1.82) is 0 Å². The molecule has 0 fully saturated rings. The summed E-state index contributed by atoms with van der Waals surface area (Å²) < 4.78 is 6.24. The normalized spacial score (nSPS) is 21.3. The standard InChI is InChI=1S/C20H16N2O2S/c23-17-8-3-1-7-14(17)20-22-16(13-6-2-4-9-18(13)24-20)12-15(21-22)19-10-5-11-25-19/h1-11,16,20,23H,12H2/t16-,20+/m1/s1. The lowest BCUT2D eigenvalue weighted by Crippen LogP contribution is -2.33. The topological polar surface area (TPSA) is 45.1 Å². The van der Waals surface area contributed by atoms with Gasteiger partial charge < -0.3 is 9.84 Å². The minimum atomic E-state index is -0.432. The first-order valence-corrected chi connectivity index (χ1v) is 9.12. The van der Waals surface area contributed by atoms with Crippen LogP contribution in [0.3, 0.4) is 0 Å². The van der Waals surface area contributed by atoms with Crippen molar-refractivity contribution < 1.29 is 9.84 Å². The van der Waals surface area contributed by atoms with E-state index in [0.29, 0.717) is 0 Å². The summed E-state index contributed by atoms with van der Waals surface area (Å²) in [4.78, 5) is 1.18. The number of hydrogen-bond acceptors (Lipinski definition) is 5. The molecule has 0 radical (unpaired) electrons. The van der Waals surface area contributed by atoms with E-state index in [4.69, 9.17) is 9.84 Å². The van der Waals surface area contributed by atoms with E-state index in [9.17, 15) is 5.11 Å². The Morgan fingerprint density at radius 3 is 2.60 bits per heavy atom. The van der Waals surface area contributed by atoms with Gasteiger partial charge in [-0.1, -0.05) is 36.4 Å². The lowest BCUT2D eigenvalue weighted by molar-refractivity contribution is -0.0203. The second-order valence-corrected chi connectivity index (χ2v) is 7.14. The van der Waals surface area contributed by atoms with Crippen LogP contribution in [0.5, 0.6) is 11.5 Å². The fourth-order valence-electron chi connectivity index (χ4n) is 3.53. The Hall–Kier alpha value is -2.79. The van der Waals surface area contributed by atoms with Crippen LogP contribution in [0.1, 0.15) is 34.7 Å². The first kappa shape index (κ1) is 14.5. The van der Waals surface area contributed by atoms with E-state index in [0.717, 1.165) is 29.0 Å². The fourth-order valence-corrected chi connectivity index (χ4v) is 4.25. The van der Waals surface area contributed by atoms with Gasteiger partial charge in [0.25, 0.3) is 0 Å². The summed E-state index contributed by atoms with van der Waals surface area (Å²) in [6, 6.07) is 19.7. The lowest BCUT2D eigenvalue weighted by atomic mass is 9.97. The molecule has 0 saturated carbocycles. The summed E-state index contributed by atoms with van der Waals surface area (Å²) in [5.41, 5.74) is 2.95. The van der Waals surface area contributed by atoms with Gasteiger partial charge in [0.2, 0.25) is 6.23 Å². The van der Waals surface area contributed by atoms with Crippen LogP contribution in [-0.4, -0.2) is 15.8 Å². The van der Waals surface area contributed by atoms with Gasteiger partial charge in [0.1, 0.15) is 11.5 Å². The quantitative estimate of drug-likeness (QED) is 0.730. The van der Waals surface area contributed by atoms with Crippen LogP contribution in [0.15, 0.2) is 71.1 Å². The van der Waals surface area contributed by atoms with Crippen molar-refractivity contribution in [3.63, 3.8) is 0 Å². The summed E-state index contributed by atoms with van der Waals surface area (Å²) in [5.74, 6) is 1.09. The maximum absolute atomic E-state index is 10.3. The lowest BCUT2D eigenvalue weighted by Gasteiger charge is -2.38. The minimum absolute atomic E-state index is 0.117. The van der Waals surface area contributed by atoms with Crippen LogP contribution in [0, 0.1) is 0 Å². The third-order valence-corrected chi connectivity index (χ3v) is 5.63. The molecule has 0 bridgehead atoms. The maximum Gasteiger partial charge on any atom is 0.217 e. The number of benzene rings is 2. The Bertz CT molecular complexity index is 952. The Balaban J connectivity index is 1.63. The van der Waals surface area contributed by atoms with Gasteiger partial charge in [0.15, 0.2) is 0 Å². The Labute approximate surface area is 149 Å². The van der Waals surface area contributed by atoms with Crippen molar-refractivity contribution in [3.05, 3.63) is 82.0 Å². The molecular formula is C20H16N2O2S. The first-order chi connectivity index (χ1) is 12.3. The van der Waals surface area contributed by atoms with Gasteiger partial charge in [-0.15, -0.1) is 11.3 Å². The maximum atomic E-state index is 10.3. The fraction of sp³-hybridized carbons (Fsp3) is 0.150. The molecule has 124 valence electrons. The highest BCUT2D eigenvalue weighted by Gasteiger charge is 2.41. The Kier molecular flexibility index (Phi) is 3.28. The van der Waals surface area contributed by atoms with Crippen LogP contribution in [0.2, 0.25) is 0 Å². The van der Waals surface area contributed by atoms with E-state index in [1.807, 2.05) is 47.5 Å². The van der Waals surface area contributed by atoms with Crippen LogP contribution < -0.4 is 4.74 Å². The number of fused-ring (bicyclic) bond motifs is 3. The van der Waals surface area contributed by atoms with Gasteiger partial charge in [-0.05, 0) is 29.6 Å². The molecule has 2 aromatic carbocycles. The molecule has 3 aromatic rings. The highest BCUT2D eigenvalue weighted by Crippen LogP contribution is 2.48. The molecule has 1 aromatic heterocycles. The summed E-state index contributed by atoms with van der Waals surface area (Å²) >= 11 is 1.70. The SMILES string of the molecule is Oc1ccccc1[C@@H]1Oc2ccccc2[C@H]2CC(c3cccs3)=NN21. The molecule has 2 aliphatic heterocycles. The van der Waals surface area contributed by atoms with Crippen LogP contribution >= 0.6 is 11.3 Å². The smallest absolute Gasteiger partial charge is 0.217 e. The van der Waals surface area contributed by atoms with Crippen molar-refractivity contribution in [2.24, 2.45) is 5.10 Å². The van der Waals surface area contributed by atoms with Crippen LogP contribution in [0.25, 0.3) is 0 Å². The van der Waals surface area contributed by atoms with Crippen molar-refractivity contribution >= 4 is 17.0 Å². The molecular weight excluding hydrogens is 332 g/mol. The number of phenolic OH excluding ortho intramolecular Hbond substituents is 1. The molecule has 0 amide bonds. The third-order valence-electron chi connectivity index (χ3n) is 4.71. The highest BCUT2D eigenvalue weighted by molar-refractivity contribution is 7.12. The van der Waals surface area contributed by atoms with Crippen molar-refractivity contribution in [1.82, 2.24) is 5.01 Å². The molecule has 0 unspecified atom stereocenters. The van der Waals surface area contributed by atoms with Gasteiger partial charge >= 0.3 is 0 Å². The average Bonchev–Trinajstić information content (AvgIpc) is 3.31. The van der Waals surface area contributed by atoms with Gasteiger partial charge in [0.05, 0.1) is 22.2 Å². The molecule has 2 aliphatic rings. The third kappa shape index (κ3) is 2.31. The van der Waals surface area contributed by atoms with E-state index >= 15 is 0 Å². The predicted molar refractivity (Wildman–Crippen MR) is 98.0 cm³/mol. The molecule has 0 saturated heterocycles. The second kappa shape index (κ2) is 5.63. The zero-order chi connectivity index (χ0) is 16.8.